The summed E-state index contributed by atoms with van der Waals surface area (Å²) < 4.78 is 2.04. The zero-order valence-corrected chi connectivity index (χ0v) is 20.6. The fraction of sp³-hybridized carbons (Fsp3) is 0.448. The Morgan fingerprint density at radius 2 is 1.74 bits per heavy atom. The van der Waals surface area contributed by atoms with Crippen LogP contribution in [0.15, 0.2) is 55.0 Å². The van der Waals surface area contributed by atoms with E-state index >= 15 is 0 Å². The van der Waals surface area contributed by atoms with E-state index in [0.29, 0.717) is 6.42 Å². The van der Waals surface area contributed by atoms with Crippen molar-refractivity contribution in [3.8, 4) is 0 Å². The van der Waals surface area contributed by atoms with Crippen molar-refractivity contribution in [3.63, 3.8) is 0 Å². The van der Waals surface area contributed by atoms with Gasteiger partial charge < -0.3 is 9.30 Å². The lowest BCUT2D eigenvalue weighted by atomic mass is 10.0. The molecule has 180 valence electrons. The molecule has 1 aliphatic carbocycles. The summed E-state index contributed by atoms with van der Waals surface area (Å²) in [6.45, 7) is 4.48. The maximum atomic E-state index is 5.07. The first-order chi connectivity index (χ1) is 17.2. The van der Waals surface area contributed by atoms with Crippen LogP contribution in [0.5, 0.6) is 0 Å². The monoisotopic (exact) mass is 466 g/mol. The average Bonchev–Trinajstić information content (AvgIpc) is 3.59. The van der Waals surface area contributed by atoms with Crippen molar-refractivity contribution < 1.29 is 0 Å². The molecule has 0 N–H and O–H groups in total. The SMILES string of the molecule is CCCCc1cccc(Cc2nc(Cc3ccn4ccnc4c3)cc(N3C[C@H]4CCC[C@H]4C3)n2)n1. The third kappa shape index (κ3) is 4.93. The molecular weight excluding hydrogens is 432 g/mol. The number of aromatic nitrogens is 5. The zero-order valence-electron chi connectivity index (χ0n) is 20.6. The molecule has 1 saturated heterocycles. The first-order valence-corrected chi connectivity index (χ1v) is 13.2. The van der Waals surface area contributed by atoms with Crippen molar-refractivity contribution in [1.29, 1.82) is 0 Å². The maximum absolute atomic E-state index is 5.07. The highest BCUT2D eigenvalue weighted by Crippen LogP contribution is 2.39. The molecule has 0 radical (unpaired) electrons. The second-order valence-corrected chi connectivity index (χ2v) is 10.3. The molecule has 0 spiro atoms. The molecule has 6 rings (SSSR count). The molecule has 0 unspecified atom stereocenters. The minimum absolute atomic E-state index is 0.667. The topological polar surface area (TPSA) is 59.2 Å². The summed E-state index contributed by atoms with van der Waals surface area (Å²) >= 11 is 0. The Hall–Kier alpha value is -3.28. The van der Waals surface area contributed by atoms with Crippen LogP contribution in [0.25, 0.3) is 5.65 Å². The largest absolute Gasteiger partial charge is 0.356 e. The normalized spacial score (nSPS) is 19.5. The second-order valence-electron chi connectivity index (χ2n) is 10.3. The number of aryl methyl sites for hydroxylation is 1. The number of imidazole rings is 1. The van der Waals surface area contributed by atoms with Gasteiger partial charge in [-0.05, 0) is 67.3 Å². The lowest BCUT2D eigenvalue weighted by Crippen LogP contribution is -2.23. The van der Waals surface area contributed by atoms with Crippen LogP contribution in [0.2, 0.25) is 0 Å². The van der Waals surface area contributed by atoms with E-state index in [2.05, 4.69) is 59.4 Å². The van der Waals surface area contributed by atoms with E-state index in [1.807, 2.05) is 16.8 Å². The van der Waals surface area contributed by atoms with Crippen LogP contribution in [-0.2, 0) is 19.3 Å². The molecule has 0 amide bonds. The molecule has 2 fully saturated rings. The minimum Gasteiger partial charge on any atom is -0.356 e. The zero-order chi connectivity index (χ0) is 23.6. The Morgan fingerprint density at radius 1 is 0.886 bits per heavy atom. The van der Waals surface area contributed by atoms with Gasteiger partial charge in [0.05, 0.1) is 12.1 Å². The van der Waals surface area contributed by atoms with Gasteiger partial charge in [0, 0.05) is 55.6 Å². The van der Waals surface area contributed by atoms with Gasteiger partial charge in [-0.1, -0.05) is 25.8 Å². The van der Waals surface area contributed by atoms with Gasteiger partial charge in [-0.3, -0.25) is 4.98 Å². The van der Waals surface area contributed by atoms with Gasteiger partial charge in [0.15, 0.2) is 0 Å². The van der Waals surface area contributed by atoms with Crippen LogP contribution < -0.4 is 4.90 Å². The minimum atomic E-state index is 0.667. The van der Waals surface area contributed by atoms with Gasteiger partial charge in [-0.15, -0.1) is 0 Å². The molecule has 0 bridgehead atoms. The number of anilines is 1. The summed E-state index contributed by atoms with van der Waals surface area (Å²) in [6.07, 6.45) is 14.8. The van der Waals surface area contributed by atoms with Gasteiger partial charge in [0.1, 0.15) is 17.3 Å². The lowest BCUT2D eigenvalue weighted by molar-refractivity contribution is 0.494. The molecule has 1 saturated carbocycles. The van der Waals surface area contributed by atoms with Gasteiger partial charge >= 0.3 is 0 Å². The van der Waals surface area contributed by atoms with Crippen molar-refractivity contribution >= 4 is 11.5 Å². The molecule has 5 heterocycles. The predicted molar refractivity (Wildman–Crippen MR) is 139 cm³/mol. The molecule has 2 atom stereocenters. The Morgan fingerprint density at radius 3 is 2.60 bits per heavy atom. The van der Waals surface area contributed by atoms with E-state index < -0.39 is 0 Å². The van der Waals surface area contributed by atoms with Crippen LogP contribution in [-0.4, -0.2) is 37.4 Å². The van der Waals surface area contributed by atoms with E-state index in [9.17, 15) is 0 Å². The number of fused-ring (bicyclic) bond motifs is 2. The Balaban J connectivity index is 1.29. The summed E-state index contributed by atoms with van der Waals surface area (Å²) in [6, 6.07) is 12.9. The molecule has 6 heteroatoms. The van der Waals surface area contributed by atoms with Crippen LogP contribution in [0.1, 0.15) is 67.5 Å². The smallest absolute Gasteiger partial charge is 0.136 e. The standard InChI is InChI=1S/C29H34N6/c1-2-3-8-24-9-5-10-25(31-24)17-27-32-26(15-21-11-13-34-14-12-30-28(34)16-21)18-29(33-27)35-19-22-6-4-7-23(22)20-35/h5,9-14,16,18,22-23H,2-4,6-8,15,17,19-20H2,1H3/t22-,23+. The molecule has 35 heavy (non-hydrogen) atoms. The van der Waals surface area contributed by atoms with Crippen LogP contribution in [0.4, 0.5) is 5.82 Å². The van der Waals surface area contributed by atoms with E-state index in [-0.39, 0.29) is 0 Å². The van der Waals surface area contributed by atoms with Crippen LogP contribution in [0.3, 0.4) is 0 Å². The third-order valence-electron chi connectivity index (χ3n) is 7.70. The lowest BCUT2D eigenvalue weighted by Gasteiger charge is -2.20. The number of pyridine rings is 2. The molecule has 2 aliphatic rings. The molecule has 4 aromatic heterocycles. The molecule has 1 aliphatic heterocycles. The van der Waals surface area contributed by atoms with Crippen LogP contribution in [0, 0.1) is 11.8 Å². The van der Waals surface area contributed by atoms with Gasteiger partial charge in [-0.25, -0.2) is 15.0 Å². The summed E-state index contributed by atoms with van der Waals surface area (Å²) in [4.78, 5) is 22.0. The van der Waals surface area contributed by atoms with Gasteiger partial charge in [-0.2, -0.15) is 0 Å². The summed E-state index contributed by atoms with van der Waals surface area (Å²) in [7, 11) is 0. The van der Waals surface area contributed by atoms with Gasteiger partial charge in [0.25, 0.3) is 0 Å². The summed E-state index contributed by atoms with van der Waals surface area (Å²) in [5.74, 6) is 3.62. The Kier molecular flexibility index (Phi) is 6.19. The van der Waals surface area contributed by atoms with E-state index in [0.717, 1.165) is 66.4 Å². The van der Waals surface area contributed by atoms with E-state index in [4.69, 9.17) is 15.0 Å². The highest BCUT2D eigenvalue weighted by molar-refractivity contribution is 5.45. The van der Waals surface area contributed by atoms with E-state index in [1.54, 1.807) is 0 Å². The quantitative estimate of drug-likeness (QED) is 0.354. The van der Waals surface area contributed by atoms with Crippen molar-refractivity contribution in [2.75, 3.05) is 18.0 Å². The first kappa shape index (κ1) is 22.2. The number of unbranched alkanes of at least 4 members (excludes halogenated alkanes) is 1. The molecule has 0 aromatic carbocycles. The highest BCUT2D eigenvalue weighted by atomic mass is 15.2. The summed E-state index contributed by atoms with van der Waals surface area (Å²) in [5.41, 5.74) is 5.48. The molecular formula is C29H34N6. The van der Waals surface area contributed by atoms with Crippen molar-refractivity contribution in [3.05, 3.63) is 83.5 Å². The van der Waals surface area contributed by atoms with Crippen molar-refractivity contribution in [2.45, 2.75) is 58.3 Å². The molecule has 4 aromatic rings. The number of nitrogens with zero attached hydrogens (tertiary/aromatic N) is 6. The highest BCUT2D eigenvalue weighted by Gasteiger charge is 2.36. The van der Waals surface area contributed by atoms with Crippen molar-refractivity contribution in [2.24, 2.45) is 11.8 Å². The van der Waals surface area contributed by atoms with Crippen molar-refractivity contribution in [1.82, 2.24) is 24.3 Å². The first-order valence-electron chi connectivity index (χ1n) is 13.2. The maximum Gasteiger partial charge on any atom is 0.136 e. The summed E-state index contributed by atoms with van der Waals surface area (Å²) in [5, 5.41) is 0. The number of hydrogen-bond acceptors (Lipinski definition) is 5. The number of rotatable bonds is 8. The predicted octanol–water partition coefficient (Wildman–Crippen LogP) is 5.28. The average molecular weight is 467 g/mol. The fourth-order valence-corrected chi connectivity index (χ4v) is 5.85. The Labute approximate surface area is 207 Å². The third-order valence-corrected chi connectivity index (χ3v) is 7.70. The van der Waals surface area contributed by atoms with Crippen LogP contribution >= 0.6 is 0 Å². The fourth-order valence-electron chi connectivity index (χ4n) is 5.85. The molecule has 6 nitrogen and oxygen atoms in total. The van der Waals surface area contributed by atoms with Gasteiger partial charge in [0.2, 0.25) is 0 Å². The van der Waals surface area contributed by atoms with E-state index in [1.165, 1.54) is 43.4 Å². The second kappa shape index (κ2) is 9.76. The number of hydrogen-bond donors (Lipinski definition) is 0. The Bertz CT molecular complexity index is 1300.